The Bertz CT molecular complexity index is 388. The highest BCUT2D eigenvalue weighted by atomic mass is 16.5. The van der Waals surface area contributed by atoms with Crippen LogP contribution in [0.4, 0.5) is 0 Å². The zero-order valence-electron chi connectivity index (χ0n) is 12.0. The number of aromatic nitrogens is 1. The molecule has 1 N–H and O–H groups in total. The fourth-order valence-electron chi connectivity index (χ4n) is 3.03. The molecule has 0 aromatic carbocycles. The van der Waals surface area contributed by atoms with E-state index in [2.05, 4.69) is 26.2 Å². The van der Waals surface area contributed by atoms with Crippen molar-refractivity contribution in [3.05, 3.63) is 30.1 Å². The van der Waals surface area contributed by atoms with Gasteiger partial charge in [-0.05, 0) is 11.6 Å². The lowest BCUT2D eigenvalue weighted by molar-refractivity contribution is 0.0206. The molecule has 2 saturated heterocycles. The van der Waals surface area contributed by atoms with Gasteiger partial charge in [0.05, 0.1) is 13.2 Å². The Morgan fingerprint density at radius 3 is 2.70 bits per heavy atom. The smallest absolute Gasteiger partial charge is 0.0594 e. The van der Waals surface area contributed by atoms with E-state index in [1.54, 1.807) is 0 Å². The number of rotatable bonds is 4. The standard InChI is InChI=1S/C15H24N4O/c1-2-14(12-17-3-1)15(19-6-4-16-5-7-19)13-18-8-10-20-11-9-18/h1-3,12,15-16H,4-11,13H2. The number of nitrogens with zero attached hydrogens (tertiary/aromatic N) is 3. The predicted molar refractivity (Wildman–Crippen MR) is 78.7 cm³/mol. The lowest BCUT2D eigenvalue weighted by atomic mass is 10.1. The summed E-state index contributed by atoms with van der Waals surface area (Å²) in [7, 11) is 0. The van der Waals surface area contributed by atoms with Gasteiger partial charge in [0, 0.05) is 64.2 Å². The SMILES string of the molecule is c1cncc(C(CN2CCOCC2)N2CCNCC2)c1. The first kappa shape index (κ1) is 13.9. The van der Waals surface area contributed by atoms with Crippen molar-refractivity contribution in [3.8, 4) is 0 Å². The average Bonchev–Trinajstić information content (AvgIpc) is 2.55. The van der Waals surface area contributed by atoms with E-state index in [0.29, 0.717) is 6.04 Å². The minimum atomic E-state index is 0.448. The van der Waals surface area contributed by atoms with E-state index in [4.69, 9.17) is 4.74 Å². The van der Waals surface area contributed by atoms with Gasteiger partial charge < -0.3 is 10.1 Å². The van der Waals surface area contributed by atoms with Crippen molar-refractivity contribution in [1.29, 1.82) is 0 Å². The van der Waals surface area contributed by atoms with E-state index >= 15 is 0 Å². The van der Waals surface area contributed by atoms with Crippen molar-refractivity contribution in [2.24, 2.45) is 0 Å². The van der Waals surface area contributed by atoms with Gasteiger partial charge in [0.2, 0.25) is 0 Å². The van der Waals surface area contributed by atoms with E-state index in [1.807, 2.05) is 18.5 Å². The Kier molecular flexibility index (Phi) is 4.97. The highest BCUT2D eigenvalue weighted by Crippen LogP contribution is 2.22. The van der Waals surface area contributed by atoms with E-state index in [1.165, 1.54) is 5.56 Å². The molecule has 0 radical (unpaired) electrons. The topological polar surface area (TPSA) is 40.6 Å². The van der Waals surface area contributed by atoms with Crippen molar-refractivity contribution in [2.45, 2.75) is 6.04 Å². The summed E-state index contributed by atoms with van der Waals surface area (Å²) in [4.78, 5) is 9.41. The van der Waals surface area contributed by atoms with Crippen molar-refractivity contribution in [2.75, 3.05) is 59.0 Å². The first-order valence-electron chi connectivity index (χ1n) is 7.58. The van der Waals surface area contributed by atoms with Gasteiger partial charge in [-0.2, -0.15) is 0 Å². The van der Waals surface area contributed by atoms with Gasteiger partial charge in [0.1, 0.15) is 0 Å². The fraction of sp³-hybridized carbons (Fsp3) is 0.667. The Morgan fingerprint density at radius 1 is 1.20 bits per heavy atom. The number of pyridine rings is 1. The molecule has 1 atom stereocenters. The molecule has 0 bridgehead atoms. The van der Waals surface area contributed by atoms with Gasteiger partial charge in [0.25, 0.3) is 0 Å². The van der Waals surface area contributed by atoms with Gasteiger partial charge >= 0.3 is 0 Å². The van der Waals surface area contributed by atoms with E-state index in [0.717, 1.165) is 59.0 Å². The number of ether oxygens (including phenoxy) is 1. The predicted octanol–water partition coefficient (Wildman–Crippen LogP) is 0.360. The summed E-state index contributed by atoms with van der Waals surface area (Å²) in [6.07, 6.45) is 3.88. The van der Waals surface area contributed by atoms with Gasteiger partial charge in [-0.1, -0.05) is 6.07 Å². The number of hydrogen-bond donors (Lipinski definition) is 1. The second-order valence-electron chi connectivity index (χ2n) is 5.50. The Balaban J connectivity index is 1.72. The molecule has 2 aliphatic heterocycles. The summed E-state index contributed by atoms with van der Waals surface area (Å²) in [5.41, 5.74) is 1.33. The van der Waals surface area contributed by atoms with Crippen LogP contribution < -0.4 is 5.32 Å². The van der Waals surface area contributed by atoms with E-state index in [-0.39, 0.29) is 0 Å². The monoisotopic (exact) mass is 276 g/mol. The molecular weight excluding hydrogens is 252 g/mol. The molecule has 5 nitrogen and oxygen atoms in total. The van der Waals surface area contributed by atoms with E-state index in [9.17, 15) is 0 Å². The molecule has 0 saturated carbocycles. The highest BCUT2D eigenvalue weighted by Gasteiger charge is 2.25. The van der Waals surface area contributed by atoms with Crippen LogP contribution in [-0.2, 0) is 4.74 Å². The Labute approximate surface area is 120 Å². The summed E-state index contributed by atoms with van der Waals surface area (Å²) in [5.74, 6) is 0. The molecule has 5 heteroatoms. The second kappa shape index (κ2) is 7.13. The van der Waals surface area contributed by atoms with Crippen molar-refractivity contribution in [1.82, 2.24) is 20.1 Å². The average molecular weight is 276 g/mol. The van der Waals surface area contributed by atoms with Crippen LogP contribution in [0.5, 0.6) is 0 Å². The minimum absolute atomic E-state index is 0.448. The molecule has 3 rings (SSSR count). The minimum Gasteiger partial charge on any atom is -0.379 e. The molecule has 3 heterocycles. The van der Waals surface area contributed by atoms with Crippen molar-refractivity contribution in [3.63, 3.8) is 0 Å². The molecule has 0 spiro atoms. The van der Waals surface area contributed by atoms with Crippen LogP contribution >= 0.6 is 0 Å². The molecule has 0 aliphatic carbocycles. The molecule has 1 aromatic heterocycles. The maximum atomic E-state index is 5.45. The molecule has 1 unspecified atom stereocenters. The summed E-state index contributed by atoms with van der Waals surface area (Å²) in [6, 6.07) is 4.70. The largest absolute Gasteiger partial charge is 0.379 e. The summed E-state index contributed by atoms with van der Waals surface area (Å²) < 4.78 is 5.45. The normalized spacial score (nSPS) is 23.6. The third-order valence-electron chi connectivity index (χ3n) is 4.20. The van der Waals surface area contributed by atoms with Crippen LogP contribution in [0.25, 0.3) is 0 Å². The Morgan fingerprint density at radius 2 is 2.00 bits per heavy atom. The first-order valence-corrected chi connectivity index (χ1v) is 7.58. The molecule has 110 valence electrons. The third kappa shape index (κ3) is 3.55. The molecule has 1 aromatic rings. The second-order valence-corrected chi connectivity index (χ2v) is 5.50. The van der Waals surface area contributed by atoms with Gasteiger partial charge in [-0.25, -0.2) is 0 Å². The van der Waals surface area contributed by atoms with Crippen LogP contribution in [0.2, 0.25) is 0 Å². The quantitative estimate of drug-likeness (QED) is 0.860. The van der Waals surface area contributed by atoms with Crippen molar-refractivity contribution < 1.29 is 4.74 Å². The lowest BCUT2D eigenvalue weighted by Gasteiger charge is -2.38. The molecule has 20 heavy (non-hydrogen) atoms. The van der Waals surface area contributed by atoms with Crippen LogP contribution in [-0.4, -0.2) is 73.8 Å². The fourth-order valence-corrected chi connectivity index (χ4v) is 3.03. The van der Waals surface area contributed by atoms with E-state index < -0.39 is 0 Å². The number of morpholine rings is 1. The molecule has 2 fully saturated rings. The maximum absolute atomic E-state index is 5.45. The maximum Gasteiger partial charge on any atom is 0.0594 e. The molecule has 2 aliphatic rings. The van der Waals surface area contributed by atoms with Gasteiger partial charge in [-0.3, -0.25) is 14.8 Å². The van der Waals surface area contributed by atoms with Crippen molar-refractivity contribution >= 4 is 0 Å². The molecule has 0 amide bonds. The number of piperazine rings is 1. The van der Waals surface area contributed by atoms with Crippen LogP contribution in [0, 0.1) is 0 Å². The lowest BCUT2D eigenvalue weighted by Crippen LogP contribution is -2.49. The zero-order chi connectivity index (χ0) is 13.6. The number of nitrogens with one attached hydrogen (secondary N) is 1. The summed E-state index contributed by atoms with van der Waals surface area (Å²) in [6.45, 7) is 9.29. The number of hydrogen-bond acceptors (Lipinski definition) is 5. The van der Waals surface area contributed by atoms with Crippen LogP contribution in [0.3, 0.4) is 0 Å². The first-order chi connectivity index (χ1) is 9.93. The van der Waals surface area contributed by atoms with Crippen LogP contribution in [0.15, 0.2) is 24.5 Å². The third-order valence-corrected chi connectivity index (χ3v) is 4.20. The highest BCUT2D eigenvalue weighted by molar-refractivity contribution is 5.15. The zero-order valence-corrected chi connectivity index (χ0v) is 12.0. The van der Waals surface area contributed by atoms with Gasteiger partial charge in [0.15, 0.2) is 0 Å². The van der Waals surface area contributed by atoms with Gasteiger partial charge in [-0.15, -0.1) is 0 Å². The molecular formula is C15H24N4O. The Hall–Kier alpha value is -1.01. The summed E-state index contributed by atoms with van der Waals surface area (Å²) in [5, 5.41) is 3.43. The van der Waals surface area contributed by atoms with Crippen LogP contribution in [0.1, 0.15) is 11.6 Å². The summed E-state index contributed by atoms with van der Waals surface area (Å²) >= 11 is 0.